The molecule has 0 spiro atoms. The van der Waals surface area contributed by atoms with Gasteiger partial charge in [0.15, 0.2) is 0 Å². The number of halogens is 1. The van der Waals surface area contributed by atoms with Crippen molar-refractivity contribution in [1.82, 2.24) is 4.72 Å². The van der Waals surface area contributed by atoms with Crippen LogP contribution in [0.15, 0.2) is 17.0 Å². The van der Waals surface area contributed by atoms with Crippen molar-refractivity contribution in [3.63, 3.8) is 0 Å². The average Bonchev–Trinajstić information content (AvgIpc) is 2.40. The van der Waals surface area contributed by atoms with E-state index < -0.39 is 22.4 Å². The number of nitrogens with one attached hydrogen (secondary N) is 1. The van der Waals surface area contributed by atoms with Gasteiger partial charge in [-0.3, -0.25) is 0 Å². The Morgan fingerprint density at radius 1 is 1.45 bits per heavy atom. The Labute approximate surface area is 123 Å². The Bertz CT molecular complexity index is 561. The molecule has 0 fully saturated rings. The summed E-state index contributed by atoms with van der Waals surface area (Å²) in [5.41, 5.74) is 0.304. The minimum Gasteiger partial charge on any atom is -0.392 e. The zero-order valence-corrected chi connectivity index (χ0v) is 13.4. The summed E-state index contributed by atoms with van der Waals surface area (Å²) in [6.07, 6.45) is 2.66. The van der Waals surface area contributed by atoms with Crippen LogP contribution in [0.25, 0.3) is 0 Å². The lowest BCUT2D eigenvalue weighted by molar-refractivity contribution is 0.281. The first-order valence-corrected chi connectivity index (χ1v) is 9.01. The van der Waals surface area contributed by atoms with Crippen LogP contribution in [0.1, 0.15) is 24.5 Å². The van der Waals surface area contributed by atoms with Gasteiger partial charge in [0.1, 0.15) is 5.82 Å². The van der Waals surface area contributed by atoms with Crippen molar-refractivity contribution in [3.05, 3.63) is 29.1 Å². The standard InChI is InChI=1S/C13H20FNO3S2/c1-9(19-3)4-5-15-20(17,18)13-7-11(8-16)6-12(14)10(13)2/h6-7,9,15-16H,4-5,8H2,1-3H3. The van der Waals surface area contributed by atoms with E-state index in [1.807, 2.05) is 13.2 Å². The first-order chi connectivity index (χ1) is 9.31. The van der Waals surface area contributed by atoms with E-state index in [0.717, 1.165) is 6.07 Å². The molecule has 7 heteroatoms. The third-order valence-corrected chi connectivity index (χ3v) is 5.70. The molecule has 1 rings (SSSR count). The molecule has 2 N–H and O–H groups in total. The van der Waals surface area contributed by atoms with Crippen molar-refractivity contribution in [1.29, 1.82) is 0 Å². The number of aliphatic hydroxyl groups excluding tert-OH is 1. The summed E-state index contributed by atoms with van der Waals surface area (Å²) in [6, 6.07) is 2.45. The van der Waals surface area contributed by atoms with Crippen LogP contribution in [0.4, 0.5) is 4.39 Å². The number of aliphatic hydroxyl groups is 1. The van der Waals surface area contributed by atoms with Crippen LogP contribution < -0.4 is 4.72 Å². The van der Waals surface area contributed by atoms with E-state index in [4.69, 9.17) is 5.11 Å². The molecule has 0 aliphatic rings. The summed E-state index contributed by atoms with van der Waals surface area (Å²) in [7, 11) is -3.76. The van der Waals surface area contributed by atoms with Crippen molar-refractivity contribution >= 4 is 21.8 Å². The molecule has 0 saturated carbocycles. The highest BCUT2D eigenvalue weighted by atomic mass is 32.2. The largest absolute Gasteiger partial charge is 0.392 e. The summed E-state index contributed by atoms with van der Waals surface area (Å²) < 4.78 is 40.5. The van der Waals surface area contributed by atoms with E-state index in [-0.39, 0.29) is 16.0 Å². The first-order valence-electron chi connectivity index (χ1n) is 6.24. The van der Waals surface area contributed by atoms with Crippen molar-refractivity contribution in [2.24, 2.45) is 0 Å². The van der Waals surface area contributed by atoms with E-state index in [1.54, 1.807) is 11.8 Å². The number of hydrogen-bond donors (Lipinski definition) is 2. The van der Waals surface area contributed by atoms with Crippen LogP contribution in [-0.2, 0) is 16.6 Å². The van der Waals surface area contributed by atoms with Crippen molar-refractivity contribution in [2.75, 3.05) is 12.8 Å². The van der Waals surface area contributed by atoms with E-state index in [0.29, 0.717) is 18.2 Å². The topological polar surface area (TPSA) is 66.4 Å². The molecule has 20 heavy (non-hydrogen) atoms. The van der Waals surface area contributed by atoms with E-state index >= 15 is 0 Å². The number of hydrogen-bond acceptors (Lipinski definition) is 4. The van der Waals surface area contributed by atoms with Crippen molar-refractivity contribution < 1.29 is 17.9 Å². The fraction of sp³-hybridized carbons (Fsp3) is 0.538. The molecule has 4 nitrogen and oxygen atoms in total. The van der Waals surface area contributed by atoms with Gasteiger partial charge in [0.05, 0.1) is 11.5 Å². The highest BCUT2D eigenvalue weighted by molar-refractivity contribution is 7.99. The van der Waals surface area contributed by atoms with E-state index in [1.165, 1.54) is 13.0 Å². The molecule has 0 radical (unpaired) electrons. The number of sulfonamides is 1. The summed E-state index contributed by atoms with van der Waals surface area (Å²) in [4.78, 5) is -0.113. The van der Waals surface area contributed by atoms with Gasteiger partial charge in [-0.05, 0) is 37.3 Å². The summed E-state index contributed by atoms with van der Waals surface area (Å²) >= 11 is 1.65. The number of benzene rings is 1. The van der Waals surface area contributed by atoms with Gasteiger partial charge in [-0.25, -0.2) is 17.5 Å². The molecule has 1 aromatic carbocycles. The van der Waals surface area contributed by atoms with Gasteiger partial charge in [0.25, 0.3) is 0 Å². The van der Waals surface area contributed by atoms with Crippen LogP contribution in [0.5, 0.6) is 0 Å². The Balaban J connectivity index is 2.95. The Morgan fingerprint density at radius 3 is 2.65 bits per heavy atom. The lowest BCUT2D eigenvalue weighted by atomic mass is 10.1. The maximum Gasteiger partial charge on any atom is 0.240 e. The Kier molecular flexibility index (Phi) is 6.44. The quantitative estimate of drug-likeness (QED) is 0.806. The third-order valence-electron chi connectivity index (χ3n) is 3.07. The predicted octanol–water partition coefficient (Wildman–Crippen LogP) is 2.05. The minimum absolute atomic E-state index is 0.0626. The maximum absolute atomic E-state index is 13.7. The second-order valence-corrected chi connectivity index (χ2v) is 7.60. The Hall–Kier alpha value is -0.630. The van der Waals surface area contributed by atoms with Crippen LogP contribution in [0.2, 0.25) is 0 Å². The monoisotopic (exact) mass is 321 g/mol. The molecule has 0 aliphatic carbocycles. The second-order valence-electron chi connectivity index (χ2n) is 4.59. The normalized spacial score (nSPS) is 13.4. The van der Waals surface area contributed by atoms with E-state index in [9.17, 15) is 12.8 Å². The van der Waals surface area contributed by atoms with Crippen molar-refractivity contribution in [2.45, 2.75) is 37.0 Å². The fourth-order valence-electron chi connectivity index (χ4n) is 1.67. The summed E-state index contributed by atoms with van der Waals surface area (Å²) in [5.74, 6) is -0.630. The van der Waals surface area contributed by atoms with E-state index in [2.05, 4.69) is 4.72 Å². The van der Waals surface area contributed by atoms with Gasteiger partial charge in [-0.1, -0.05) is 6.92 Å². The number of rotatable bonds is 7. The Morgan fingerprint density at radius 2 is 2.10 bits per heavy atom. The molecule has 114 valence electrons. The van der Waals surface area contributed by atoms with Crippen LogP contribution in [-0.4, -0.2) is 31.6 Å². The van der Waals surface area contributed by atoms with Crippen LogP contribution in [0.3, 0.4) is 0 Å². The average molecular weight is 321 g/mol. The lowest BCUT2D eigenvalue weighted by Gasteiger charge is -2.13. The molecule has 0 bridgehead atoms. The lowest BCUT2D eigenvalue weighted by Crippen LogP contribution is -2.27. The SMILES string of the molecule is CSC(C)CCNS(=O)(=O)c1cc(CO)cc(F)c1C. The van der Waals surface area contributed by atoms with Gasteiger partial charge >= 0.3 is 0 Å². The molecular weight excluding hydrogens is 301 g/mol. The molecule has 0 heterocycles. The van der Waals surface area contributed by atoms with Gasteiger partial charge in [-0.2, -0.15) is 11.8 Å². The summed E-state index contributed by atoms with van der Waals surface area (Å²) in [6.45, 7) is 3.32. The van der Waals surface area contributed by atoms with Gasteiger partial charge in [0.2, 0.25) is 10.0 Å². The van der Waals surface area contributed by atoms with Crippen LogP contribution >= 0.6 is 11.8 Å². The summed E-state index contributed by atoms with van der Waals surface area (Å²) in [5, 5.41) is 9.39. The molecule has 0 aliphatic heterocycles. The zero-order chi connectivity index (χ0) is 15.3. The molecule has 0 amide bonds. The van der Waals surface area contributed by atoms with Crippen LogP contribution in [0, 0.1) is 12.7 Å². The van der Waals surface area contributed by atoms with Gasteiger partial charge in [-0.15, -0.1) is 0 Å². The molecule has 0 saturated heterocycles. The zero-order valence-electron chi connectivity index (χ0n) is 11.8. The smallest absolute Gasteiger partial charge is 0.240 e. The number of thioether (sulfide) groups is 1. The molecular formula is C13H20FNO3S2. The van der Waals surface area contributed by atoms with Gasteiger partial charge in [0, 0.05) is 17.4 Å². The molecule has 1 atom stereocenters. The third kappa shape index (κ3) is 4.44. The molecule has 1 unspecified atom stereocenters. The molecule has 1 aromatic rings. The molecule has 0 aromatic heterocycles. The minimum atomic E-state index is -3.76. The fourth-order valence-corrected chi connectivity index (χ4v) is 3.37. The maximum atomic E-state index is 13.7. The predicted molar refractivity (Wildman–Crippen MR) is 79.8 cm³/mol. The van der Waals surface area contributed by atoms with Gasteiger partial charge < -0.3 is 5.11 Å². The first kappa shape index (κ1) is 17.4. The highest BCUT2D eigenvalue weighted by Crippen LogP contribution is 2.21. The second kappa shape index (κ2) is 7.40. The van der Waals surface area contributed by atoms with Crippen molar-refractivity contribution in [3.8, 4) is 0 Å². The highest BCUT2D eigenvalue weighted by Gasteiger charge is 2.20.